The van der Waals surface area contributed by atoms with Crippen LogP contribution in [-0.4, -0.2) is 72.1 Å². The maximum Gasteiger partial charge on any atom is 0.225 e. The molecule has 0 radical (unpaired) electrons. The van der Waals surface area contributed by atoms with Gasteiger partial charge in [0.05, 0.1) is 32.4 Å². The van der Waals surface area contributed by atoms with Crippen molar-refractivity contribution in [1.29, 1.82) is 0 Å². The van der Waals surface area contributed by atoms with Crippen molar-refractivity contribution in [3.63, 3.8) is 0 Å². The molecule has 0 atom stereocenters. The summed E-state index contributed by atoms with van der Waals surface area (Å²) < 4.78 is 18.3. The summed E-state index contributed by atoms with van der Waals surface area (Å²) in [5, 5.41) is 8.17. The largest absolute Gasteiger partial charge is 0.381 e. The highest BCUT2D eigenvalue weighted by atomic mass is 16.7. The average Bonchev–Trinajstić information content (AvgIpc) is 3.09. The van der Waals surface area contributed by atoms with E-state index >= 15 is 0 Å². The number of ether oxygens (including phenoxy) is 3. The first-order valence-corrected chi connectivity index (χ1v) is 12.0. The number of nitrogens with zero attached hydrogens (tertiary/aromatic N) is 4. The van der Waals surface area contributed by atoms with Crippen LogP contribution in [0.3, 0.4) is 0 Å². The predicted octanol–water partition coefficient (Wildman–Crippen LogP) is 3.60. The van der Waals surface area contributed by atoms with Crippen LogP contribution in [0.5, 0.6) is 0 Å². The van der Waals surface area contributed by atoms with Gasteiger partial charge in [-0.25, -0.2) is 0 Å². The van der Waals surface area contributed by atoms with E-state index in [0.717, 1.165) is 30.5 Å². The molecule has 1 aliphatic rings. The first-order chi connectivity index (χ1) is 16.1. The number of methoxy groups -OCH3 is 2. The number of carbonyl (C=O) groups is 1. The van der Waals surface area contributed by atoms with Crippen LogP contribution in [0.25, 0.3) is 11.3 Å². The maximum atomic E-state index is 13.1. The van der Waals surface area contributed by atoms with E-state index in [9.17, 15) is 4.79 Å². The fourth-order valence-corrected chi connectivity index (χ4v) is 4.39. The molecule has 3 rings (SSSR count). The molecule has 2 aromatic rings. The highest BCUT2D eigenvalue weighted by molar-refractivity contribution is 5.76. The van der Waals surface area contributed by atoms with Gasteiger partial charge in [0.2, 0.25) is 5.91 Å². The quantitative estimate of drug-likeness (QED) is 0.275. The summed E-state index contributed by atoms with van der Waals surface area (Å²) in [5.74, 6) is 0.116. The van der Waals surface area contributed by atoms with Gasteiger partial charge < -0.3 is 19.1 Å². The second-order valence-corrected chi connectivity index (χ2v) is 8.68. The molecule has 0 aliphatic heterocycles. The molecular weight excluding hydrogens is 420 g/mol. The van der Waals surface area contributed by atoms with Crippen molar-refractivity contribution in [3.8, 4) is 11.3 Å². The second kappa shape index (κ2) is 13.4. The van der Waals surface area contributed by atoms with Gasteiger partial charge >= 0.3 is 0 Å². The van der Waals surface area contributed by atoms with Crippen LogP contribution in [0.15, 0.2) is 30.5 Å². The monoisotopic (exact) mass is 458 g/mol. The third kappa shape index (κ3) is 7.91. The van der Waals surface area contributed by atoms with Gasteiger partial charge in [-0.15, -0.1) is 5.10 Å². The number of carbonyl (C=O) groups excluding carboxylic acids is 1. The minimum Gasteiger partial charge on any atom is -0.381 e. The van der Waals surface area contributed by atoms with E-state index in [1.165, 1.54) is 31.2 Å². The molecule has 1 aromatic carbocycles. The first-order valence-electron chi connectivity index (χ1n) is 12.0. The number of hydrogen-bond donors (Lipinski definition) is 0. The van der Waals surface area contributed by atoms with Gasteiger partial charge in [-0.05, 0) is 30.9 Å². The zero-order valence-electron chi connectivity index (χ0n) is 20.2. The van der Waals surface area contributed by atoms with Crippen LogP contribution in [0.4, 0.5) is 0 Å². The number of aryl methyl sites for hydroxylation is 1. The number of benzene rings is 1. The molecule has 1 fully saturated rings. The lowest BCUT2D eigenvalue weighted by molar-refractivity contribution is -0.150. The van der Waals surface area contributed by atoms with Crippen LogP contribution >= 0.6 is 0 Å². The Hall–Kier alpha value is -2.29. The molecule has 8 heteroatoms. The standard InChI is InChI=1S/C25H38N4O4/c1-28-18-23(26-27-28)21-10-8-9-20(17-21)13-15-33-16-14-24(30)29(19-25(31-2)32-3)22-11-6-4-5-7-12-22/h8-10,17-18,22,25H,4-7,11-16,19H2,1-3H3. The summed E-state index contributed by atoms with van der Waals surface area (Å²) in [6.45, 7) is 1.45. The molecule has 0 saturated heterocycles. The molecule has 1 saturated carbocycles. The second-order valence-electron chi connectivity index (χ2n) is 8.68. The molecule has 1 heterocycles. The van der Waals surface area contributed by atoms with Gasteiger partial charge in [-0.3, -0.25) is 9.48 Å². The SMILES string of the molecule is COC(CN(C(=O)CCOCCc1cccc(-c2cn(C)nn2)c1)C1CCCCCC1)OC. The van der Waals surface area contributed by atoms with Gasteiger partial charge in [0.25, 0.3) is 0 Å². The van der Waals surface area contributed by atoms with Crippen molar-refractivity contribution in [2.75, 3.05) is 34.0 Å². The summed E-state index contributed by atoms with van der Waals surface area (Å²) >= 11 is 0. The fourth-order valence-electron chi connectivity index (χ4n) is 4.39. The molecule has 182 valence electrons. The molecule has 1 aliphatic carbocycles. The van der Waals surface area contributed by atoms with E-state index in [0.29, 0.717) is 26.2 Å². The first kappa shape index (κ1) is 25.3. The molecule has 8 nitrogen and oxygen atoms in total. The Morgan fingerprint density at radius 2 is 1.91 bits per heavy atom. The summed E-state index contributed by atoms with van der Waals surface area (Å²) in [5.41, 5.74) is 3.07. The van der Waals surface area contributed by atoms with Crippen molar-refractivity contribution in [2.24, 2.45) is 7.05 Å². The summed E-state index contributed by atoms with van der Waals surface area (Å²) in [4.78, 5) is 15.0. The molecular formula is C25H38N4O4. The Morgan fingerprint density at radius 1 is 1.15 bits per heavy atom. The van der Waals surface area contributed by atoms with Crippen LogP contribution in [0.2, 0.25) is 0 Å². The highest BCUT2D eigenvalue weighted by Gasteiger charge is 2.27. The Labute approximate surface area is 197 Å². The predicted molar refractivity (Wildman–Crippen MR) is 127 cm³/mol. The smallest absolute Gasteiger partial charge is 0.225 e. The zero-order valence-corrected chi connectivity index (χ0v) is 20.2. The fraction of sp³-hybridized carbons (Fsp3) is 0.640. The van der Waals surface area contributed by atoms with Gasteiger partial charge in [0.1, 0.15) is 5.69 Å². The number of aromatic nitrogens is 3. The van der Waals surface area contributed by atoms with Crippen molar-refractivity contribution in [2.45, 2.75) is 63.7 Å². The van der Waals surface area contributed by atoms with Crippen molar-refractivity contribution in [1.82, 2.24) is 19.9 Å². The lowest BCUT2D eigenvalue weighted by Crippen LogP contribution is -2.45. The Morgan fingerprint density at radius 3 is 2.58 bits per heavy atom. The van der Waals surface area contributed by atoms with E-state index in [4.69, 9.17) is 14.2 Å². The number of rotatable bonds is 12. The lowest BCUT2D eigenvalue weighted by Gasteiger charge is -2.33. The summed E-state index contributed by atoms with van der Waals surface area (Å²) in [6, 6.07) is 8.51. The van der Waals surface area contributed by atoms with Gasteiger partial charge in [-0.1, -0.05) is 49.1 Å². The van der Waals surface area contributed by atoms with E-state index < -0.39 is 6.29 Å². The molecule has 0 bridgehead atoms. The van der Waals surface area contributed by atoms with Gasteiger partial charge in [0, 0.05) is 32.9 Å². The Bertz CT molecular complexity index is 844. The molecule has 0 N–H and O–H groups in total. The molecule has 1 amide bonds. The van der Waals surface area contributed by atoms with E-state index in [1.54, 1.807) is 18.9 Å². The molecule has 0 unspecified atom stereocenters. The van der Waals surface area contributed by atoms with Crippen LogP contribution in [0.1, 0.15) is 50.5 Å². The molecule has 0 spiro atoms. The van der Waals surface area contributed by atoms with Gasteiger partial charge in [0.15, 0.2) is 6.29 Å². The van der Waals surface area contributed by atoms with Crippen molar-refractivity contribution in [3.05, 3.63) is 36.0 Å². The third-order valence-corrected chi connectivity index (χ3v) is 6.28. The van der Waals surface area contributed by atoms with Crippen molar-refractivity contribution >= 4 is 5.91 Å². The van der Waals surface area contributed by atoms with Gasteiger partial charge in [-0.2, -0.15) is 0 Å². The van der Waals surface area contributed by atoms with Crippen molar-refractivity contribution < 1.29 is 19.0 Å². The normalized spacial score (nSPS) is 15.0. The molecule has 33 heavy (non-hydrogen) atoms. The molecule has 1 aromatic heterocycles. The zero-order chi connectivity index (χ0) is 23.5. The Kier molecular flexibility index (Phi) is 10.3. The van der Waals surface area contributed by atoms with Crippen LogP contribution in [0, 0.1) is 0 Å². The lowest BCUT2D eigenvalue weighted by atomic mass is 10.1. The van der Waals surface area contributed by atoms with E-state index in [2.05, 4.69) is 22.4 Å². The maximum absolute atomic E-state index is 13.1. The number of amides is 1. The Balaban J connectivity index is 1.47. The van der Waals surface area contributed by atoms with E-state index in [1.807, 2.05) is 30.3 Å². The summed E-state index contributed by atoms with van der Waals surface area (Å²) in [7, 11) is 5.09. The topological polar surface area (TPSA) is 78.7 Å². The van der Waals surface area contributed by atoms with E-state index in [-0.39, 0.29) is 11.9 Å². The van der Waals surface area contributed by atoms with Crippen LogP contribution < -0.4 is 0 Å². The highest BCUT2D eigenvalue weighted by Crippen LogP contribution is 2.23. The van der Waals surface area contributed by atoms with Crippen LogP contribution in [-0.2, 0) is 32.5 Å². The minimum absolute atomic E-state index is 0.116. The average molecular weight is 459 g/mol. The minimum atomic E-state index is -0.403. The summed E-state index contributed by atoms with van der Waals surface area (Å²) in [6.07, 6.45) is 9.59. The third-order valence-electron chi connectivity index (χ3n) is 6.28. The number of hydrogen-bond acceptors (Lipinski definition) is 6.